The van der Waals surface area contributed by atoms with Gasteiger partial charge in [-0.3, -0.25) is 4.79 Å². The van der Waals surface area contributed by atoms with E-state index in [1.54, 1.807) is 38.5 Å². The molecule has 19 heavy (non-hydrogen) atoms. The van der Waals surface area contributed by atoms with Crippen molar-refractivity contribution in [3.63, 3.8) is 0 Å². The molecule has 0 N–H and O–H groups in total. The molecule has 0 bridgehead atoms. The molecule has 0 atom stereocenters. The predicted octanol–water partition coefficient (Wildman–Crippen LogP) is 3.24. The van der Waals surface area contributed by atoms with Crippen LogP contribution in [-0.4, -0.2) is 20.0 Å². The molecule has 2 rings (SSSR count). The maximum atomic E-state index is 12.6. The first-order chi connectivity index (χ1) is 9.17. The second-order valence-electron chi connectivity index (χ2n) is 4.24. The molecule has 98 valence electrons. The minimum Gasteiger partial charge on any atom is -0.496 e. The third-order valence-corrected chi connectivity index (χ3v) is 2.94. The molecular formula is C16H16O3. The molecule has 0 aliphatic heterocycles. The van der Waals surface area contributed by atoms with E-state index in [0.29, 0.717) is 22.6 Å². The van der Waals surface area contributed by atoms with Gasteiger partial charge in [0.2, 0.25) is 5.78 Å². The number of aryl methyl sites for hydroxylation is 1. The fraction of sp³-hybridized carbons (Fsp3) is 0.188. The van der Waals surface area contributed by atoms with Crippen LogP contribution in [0.25, 0.3) is 0 Å². The highest BCUT2D eigenvalue weighted by Gasteiger charge is 2.19. The lowest BCUT2D eigenvalue weighted by atomic mass is 10.00. The van der Waals surface area contributed by atoms with Crippen molar-refractivity contribution in [2.45, 2.75) is 6.92 Å². The standard InChI is InChI=1S/C16H16O3/c1-11-6-4-7-12(10-11)16(17)15-13(18-2)8-5-9-14(15)19-3/h4-10H,1-3H3. The van der Waals surface area contributed by atoms with Crippen molar-refractivity contribution in [3.05, 3.63) is 59.2 Å². The molecule has 0 heterocycles. The van der Waals surface area contributed by atoms with Crippen LogP contribution in [0.1, 0.15) is 21.5 Å². The van der Waals surface area contributed by atoms with Gasteiger partial charge in [0.25, 0.3) is 0 Å². The predicted molar refractivity (Wildman–Crippen MR) is 74.2 cm³/mol. The summed E-state index contributed by atoms with van der Waals surface area (Å²) in [6.45, 7) is 1.95. The first-order valence-electron chi connectivity index (χ1n) is 5.99. The lowest BCUT2D eigenvalue weighted by Gasteiger charge is -2.12. The minimum atomic E-state index is -0.0991. The molecule has 2 aromatic rings. The average molecular weight is 256 g/mol. The van der Waals surface area contributed by atoms with E-state index < -0.39 is 0 Å². The van der Waals surface area contributed by atoms with Gasteiger partial charge in [-0.2, -0.15) is 0 Å². The summed E-state index contributed by atoms with van der Waals surface area (Å²) < 4.78 is 10.5. The Morgan fingerprint density at radius 3 is 2.05 bits per heavy atom. The average Bonchev–Trinajstić information content (AvgIpc) is 2.45. The van der Waals surface area contributed by atoms with Gasteiger partial charge < -0.3 is 9.47 Å². The van der Waals surface area contributed by atoms with Gasteiger partial charge in [0.15, 0.2) is 0 Å². The van der Waals surface area contributed by atoms with Crippen molar-refractivity contribution >= 4 is 5.78 Å². The Morgan fingerprint density at radius 2 is 1.53 bits per heavy atom. The third kappa shape index (κ3) is 2.60. The van der Waals surface area contributed by atoms with E-state index in [4.69, 9.17) is 9.47 Å². The Balaban J connectivity index is 2.55. The number of ether oxygens (including phenoxy) is 2. The minimum absolute atomic E-state index is 0.0991. The Labute approximate surface area is 112 Å². The molecule has 3 heteroatoms. The molecule has 0 aromatic heterocycles. The van der Waals surface area contributed by atoms with E-state index in [1.165, 1.54) is 0 Å². The molecule has 0 fully saturated rings. The molecule has 0 spiro atoms. The van der Waals surface area contributed by atoms with E-state index in [2.05, 4.69) is 0 Å². The Morgan fingerprint density at radius 1 is 0.947 bits per heavy atom. The smallest absolute Gasteiger partial charge is 0.200 e. The van der Waals surface area contributed by atoms with Crippen LogP contribution in [0, 0.1) is 6.92 Å². The lowest BCUT2D eigenvalue weighted by Crippen LogP contribution is -2.06. The van der Waals surface area contributed by atoms with Gasteiger partial charge >= 0.3 is 0 Å². The highest BCUT2D eigenvalue weighted by molar-refractivity contribution is 6.12. The number of rotatable bonds is 4. The summed E-state index contributed by atoms with van der Waals surface area (Å²) in [6, 6.07) is 12.8. The summed E-state index contributed by atoms with van der Waals surface area (Å²) in [5.41, 5.74) is 2.13. The summed E-state index contributed by atoms with van der Waals surface area (Å²) in [5.74, 6) is 0.940. The summed E-state index contributed by atoms with van der Waals surface area (Å²) >= 11 is 0. The van der Waals surface area contributed by atoms with E-state index in [9.17, 15) is 4.79 Å². The Bertz CT molecular complexity index is 580. The van der Waals surface area contributed by atoms with Crippen molar-refractivity contribution in [3.8, 4) is 11.5 Å². The van der Waals surface area contributed by atoms with E-state index >= 15 is 0 Å². The van der Waals surface area contributed by atoms with Gasteiger partial charge in [0.05, 0.1) is 14.2 Å². The quantitative estimate of drug-likeness (QED) is 0.788. The Hall–Kier alpha value is -2.29. The second kappa shape index (κ2) is 5.57. The molecular weight excluding hydrogens is 240 g/mol. The number of ketones is 1. The zero-order valence-corrected chi connectivity index (χ0v) is 11.3. The molecule has 3 nitrogen and oxygen atoms in total. The van der Waals surface area contributed by atoms with Crippen LogP contribution >= 0.6 is 0 Å². The van der Waals surface area contributed by atoms with Crippen molar-refractivity contribution in [2.24, 2.45) is 0 Å². The van der Waals surface area contributed by atoms with E-state index in [-0.39, 0.29) is 5.78 Å². The summed E-state index contributed by atoms with van der Waals surface area (Å²) in [5, 5.41) is 0. The number of hydrogen-bond acceptors (Lipinski definition) is 3. The summed E-state index contributed by atoms with van der Waals surface area (Å²) in [4.78, 5) is 12.6. The fourth-order valence-electron chi connectivity index (χ4n) is 2.01. The maximum absolute atomic E-state index is 12.6. The molecule has 0 radical (unpaired) electrons. The van der Waals surface area contributed by atoms with Gasteiger partial charge in [-0.25, -0.2) is 0 Å². The molecule has 0 unspecified atom stereocenters. The molecule has 0 saturated heterocycles. The highest BCUT2D eigenvalue weighted by Crippen LogP contribution is 2.30. The zero-order valence-electron chi connectivity index (χ0n) is 11.3. The van der Waals surface area contributed by atoms with Crippen molar-refractivity contribution in [1.29, 1.82) is 0 Å². The zero-order chi connectivity index (χ0) is 13.8. The number of benzene rings is 2. The molecule has 0 aliphatic rings. The van der Waals surface area contributed by atoms with Crippen LogP contribution in [0.2, 0.25) is 0 Å². The number of methoxy groups -OCH3 is 2. The summed E-state index contributed by atoms with van der Waals surface area (Å²) in [6.07, 6.45) is 0. The van der Waals surface area contributed by atoms with Crippen molar-refractivity contribution in [1.82, 2.24) is 0 Å². The topological polar surface area (TPSA) is 35.5 Å². The molecule has 0 aliphatic carbocycles. The normalized spacial score (nSPS) is 10.1. The van der Waals surface area contributed by atoms with Gasteiger partial charge in [0, 0.05) is 5.56 Å². The van der Waals surface area contributed by atoms with Crippen LogP contribution in [0.15, 0.2) is 42.5 Å². The second-order valence-corrected chi connectivity index (χ2v) is 4.24. The molecule has 2 aromatic carbocycles. The number of carbonyl (C=O) groups excluding carboxylic acids is 1. The van der Waals surface area contributed by atoms with Crippen molar-refractivity contribution in [2.75, 3.05) is 14.2 Å². The number of hydrogen-bond donors (Lipinski definition) is 0. The van der Waals surface area contributed by atoms with Crippen molar-refractivity contribution < 1.29 is 14.3 Å². The van der Waals surface area contributed by atoms with Gasteiger partial charge in [-0.15, -0.1) is 0 Å². The highest BCUT2D eigenvalue weighted by atomic mass is 16.5. The molecule has 0 saturated carbocycles. The lowest BCUT2D eigenvalue weighted by molar-refractivity contribution is 0.103. The first kappa shape index (κ1) is 13.1. The van der Waals surface area contributed by atoms with Crippen LogP contribution in [0.3, 0.4) is 0 Å². The van der Waals surface area contributed by atoms with Gasteiger partial charge in [-0.1, -0.05) is 29.8 Å². The first-order valence-corrected chi connectivity index (χ1v) is 5.99. The van der Waals surface area contributed by atoms with Crippen LogP contribution < -0.4 is 9.47 Å². The van der Waals surface area contributed by atoms with Crippen LogP contribution in [-0.2, 0) is 0 Å². The van der Waals surface area contributed by atoms with Crippen LogP contribution in [0.4, 0.5) is 0 Å². The number of carbonyl (C=O) groups is 1. The third-order valence-electron chi connectivity index (χ3n) is 2.94. The Kier molecular flexibility index (Phi) is 3.85. The van der Waals surface area contributed by atoms with Gasteiger partial charge in [-0.05, 0) is 25.1 Å². The van der Waals surface area contributed by atoms with Crippen LogP contribution in [0.5, 0.6) is 11.5 Å². The summed E-state index contributed by atoms with van der Waals surface area (Å²) in [7, 11) is 3.09. The fourth-order valence-corrected chi connectivity index (χ4v) is 2.01. The van der Waals surface area contributed by atoms with Gasteiger partial charge in [0.1, 0.15) is 17.1 Å². The monoisotopic (exact) mass is 256 g/mol. The molecule has 0 amide bonds. The SMILES string of the molecule is COc1cccc(OC)c1C(=O)c1cccc(C)c1. The maximum Gasteiger partial charge on any atom is 0.200 e. The van der Waals surface area contributed by atoms with E-state index in [0.717, 1.165) is 5.56 Å². The van der Waals surface area contributed by atoms with E-state index in [1.807, 2.05) is 25.1 Å². The largest absolute Gasteiger partial charge is 0.496 e.